The van der Waals surface area contributed by atoms with Crippen LogP contribution in [0.5, 0.6) is 11.5 Å². The van der Waals surface area contributed by atoms with Crippen LogP contribution in [-0.4, -0.2) is 41.4 Å². The molecule has 3 rings (SSSR count). The number of ether oxygens (including phenoxy) is 1. The molecule has 3 aromatic rings. The number of H-pyrrole nitrogens is 1. The lowest BCUT2D eigenvalue weighted by Gasteiger charge is -2.12. The van der Waals surface area contributed by atoms with Crippen molar-refractivity contribution in [3.8, 4) is 11.5 Å². The van der Waals surface area contributed by atoms with Crippen molar-refractivity contribution in [2.75, 3.05) is 6.26 Å². The van der Waals surface area contributed by atoms with Crippen LogP contribution >= 0.6 is 12.2 Å². The zero-order valence-corrected chi connectivity index (χ0v) is 18.0. The predicted octanol–water partition coefficient (Wildman–Crippen LogP) is 1.98. The molecule has 0 fully saturated rings. The summed E-state index contributed by atoms with van der Waals surface area (Å²) in [5, 5.41) is 0. The highest BCUT2D eigenvalue weighted by atomic mass is 32.2. The summed E-state index contributed by atoms with van der Waals surface area (Å²) in [6.07, 6.45) is 4.89. The summed E-state index contributed by atoms with van der Waals surface area (Å²) < 4.78 is 30.2. The normalized spacial score (nSPS) is 11.0. The maximum Gasteiger partial charge on any atom is 0.280 e. The zero-order chi connectivity index (χ0) is 22.6. The van der Waals surface area contributed by atoms with E-state index in [-0.39, 0.29) is 16.2 Å². The van der Waals surface area contributed by atoms with Gasteiger partial charge in [-0.05, 0) is 35.9 Å². The summed E-state index contributed by atoms with van der Waals surface area (Å²) in [4.78, 5) is 23.1. The number of guanidine groups is 1. The molecule has 0 bridgehead atoms. The van der Waals surface area contributed by atoms with Gasteiger partial charge >= 0.3 is 0 Å². The average molecular weight is 458 g/mol. The number of nitrogens with one attached hydrogen (secondary N) is 1. The van der Waals surface area contributed by atoms with Crippen molar-refractivity contribution in [2.45, 2.75) is 11.3 Å². The molecule has 0 aliphatic carbocycles. The van der Waals surface area contributed by atoms with Crippen molar-refractivity contribution in [2.24, 2.45) is 16.5 Å². The number of aromatic nitrogens is 2. The number of aromatic amines is 1. The minimum absolute atomic E-state index is 0.0137. The van der Waals surface area contributed by atoms with E-state index < -0.39 is 21.7 Å². The predicted molar refractivity (Wildman–Crippen MR) is 120 cm³/mol. The van der Waals surface area contributed by atoms with Gasteiger partial charge in [0.1, 0.15) is 22.2 Å². The summed E-state index contributed by atoms with van der Waals surface area (Å²) >= 11 is 5.44. The first-order valence-corrected chi connectivity index (χ1v) is 11.2. The number of carbonyl (C=O) groups excluding carboxylic acids is 1. The van der Waals surface area contributed by atoms with Crippen LogP contribution in [-0.2, 0) is 16.3 Å². The van der Waals surface area contributed by atoms with Crippen LogP contribution in [0, 0.1) is 0 Å². The fourth-order valence-corrected chi connectivity index (χ4v) is 3.77. The molecule has 0 unspecified atom stereocenters. The molecule has 9 nitrogen and oxygen atoms in total. The second-order valence-electron chi connectivity index (χ2n) is 6.54. The summed E-state index contributed by atoms with van der Waals surface area (Å²) in [5.74, 6) is 0.0491. The number of aliphatic imine (C=N–C) groups is 1. The van der Waals surface area contributed by atoms with E-state index in [1.54, 1.807) is 36.7 Å². The van der Waals surface area contributed by atoms with Crippen LogP contribution in [0.3, 0.4) is 0 Å². The van der Waals surface area contributed by atoms with Gasteiger partial charge in [0.15, 0.2) is 15.8 Å². The Balaban J connectivity index is 1.83. The minimum atomic E-state index is -3.71. The molecule has 2 aromatic carbocycles. The molecule has 0 aliphatic rings. The van der Waals surface area contributed by atoms with Gasteiger partial charge in [-0.1, -0.05) is 24.4 Å². The topological polar surface area (TPSA) is 154 Å². The second-order valence-corrected chi connectivity index (χ2v) is 9.01. The molecular formula is C20H19N5O4S2. The van der Waals surface area contributed by atoms with Gasteiger partial charge in [-0.3, -0.25) is 4.79 Å². The highest BCUT2D eigenvalue weighted by Crippen LogP contribution is 2.30. The zero-order valence-electron chi connectivity index (χ0n) is 16.4. The quantitative estimate of drug-likeness (QED) is 0.211. The molecule has 0 saturated heterocycles. The van der Waals surface area contributed by atoms with E-state index in [1.807, 2.05) is 0 Å². The molecule has 11 heteroatoms. The van der Waals surface area contributed by atoms with E-state index in [1.165, 1.54) is 18.2 Å². The number of nitrogens with two attached hydrogens (primary N) is 2. The van der Waals surface area contributed by atoms with Gasteiger partial charge in [0.25, 0.3) is 5.91 Å². The van der Waals surface area contributed by atoms with Crippen molar-refractivity contribution in [3.05, 3.63) is 71.8 Å². The molecular weight excluding hydrogens is 438 g/mol. The lowest BCUT2D eigenvalue weighted by Crippen LogP contribution is -2.24. The number of hydrogen-bond acceptors (Lipinski definition) is 6. The maximum absolute atomic E-state index is 12.2. The number of rotatable bonds is 7. The van der Waals surface area contributed by atoms with Crippen LogP contribution in [0.1, 0.15) is 21.7 Å². The number of imidazole rings is 1. The van der Waals surface area contributed by atoms with Crippen LogP contribution in [0.25, 0.3) is 0 Å². The van der Waals surface area contributed by atoms with Crippen LogP contribution in [0.15, 0.2) is 64.7 Å². The van der Waals surface area contributed by atoms with E-state index >= 15 is 0 Å². The smallest absolute Gasteiger partial charge is 0.280 e. The van der Waals surface area contributed by atoms with Crippen LogP contribution < -0.4 is 16.2 Å². The molecule has 0 aliphatic heterocycles. The van der Waals surface area contributed by atoms with Gasteiger partial charge in [0.2, 0.25) is 0 Å². The summed E-state index contributed by atoms with van der Waals surface area (Å²) in [6.45, 7) is 0. The van der Waals surface area contributed by atoms with Crippen molar-refractivity contribution in [1.82, 2.24) is 9.97 Å². The first-order valence-electron chi connectivity index (χ1n) is 8.91. The third-order valence-electron chi connectivity index (χ3n) is 4.11. The first-order chi connectivity index (χ1) is 14.6. The Morgan fingerprint density at radius 1 is 1.16 bits per heavy atom. The number of hydrogen-bond donors (Lipinski definition) is 3. The SMILES string of the molecule is CS(=O)(=O)c1cc(C(=O)N=C(N)N)ccc1Oc1ccc(C(=S)Cc2ncc[nH]2)cc1. The maximum atomic E-state index is 12.2. The Morgan fingerprint density at radius 3 is 2.42 bits per heavy atom. The Hall–Kier alpha value is -3.57. The summed E-state index contributed by atoms with van der Waals surface area (Å²) in [7, 11) is -3.71. The Labute approximate surface area is 184 Å². The highest BCUT2D eigenvalue weighted by molar-refractivity contribution is 7.90. The van der Waals surface area contributed by atoms with Crippen molar-refractivity contribution in [1.29, 1.82) is 0 Å². The van der Waals surface area contributed by atoms with Gasteiger partial charge < -0.3 is 21.2 Å². The Bertz CT molecular complexity index is 1250. The van der Waals surface area contributed by atoms with Gasteiger partial charge in [0.05, 0.1) is 0 Å². The third-order valence-corrected chi connectivity index (χ3v) is 5.61. The molecule has 1 heterocycles. The lowest BCUT2D eigenvalue weighted by molar-refractivity contribution is 0.100. The molecule has 31 heavy (non-hydrogen) atoms. The number of thiocarbonyl (C=S) groups is 1. The molecule has 0 atom stereocenters. The van der Waals surface area contributed by atoms with Crippen LogP contribution in [0.4, 0.5) is 0 Å². The number of benzene rings is 2. The Kier molecular flexibility index (Phi) is 6.47. The fraction of sp³-hybridized carbons (Fsp3) is 0.100. The summed E-state index contributed by atoms with van der Waals surface area (Å²) in [6, 6.07) is 10.8. The minimum Gasteiger partial charge on any atom is -0.456 e. The van der Waals surface area contributed by atoms with E-state index in [9.17, 15) is 13.2 Å². The van der Waals surface area contributed by atoms with E-state index in [2.05, 4.69) is 15.0 Å². The second kappa shape index (κ2) is 9.06. The number of sulfone groups is 1. The average Bonchev–Trinajstić information content (AvgIpc) is 3.20. The molecule has 0 saturated carbocycles. The highest BCUT2D eigenvalue weighted by Gasteiger charge is 2.19. The largest absolute Gasteiger partial charge is 0.456 e. The molecule has 5 N–H and O–H groups in total. The van der Waals surface area contributed by atoms with Gasteiger partial charge in [-0.25, -0.2) is 13.4 Å². The van der Waals surface area contributed by atoms with Gasteiger partial charge in [-0.2, -0.15) is 4.99 Å². The monoisotopic (exact) mass is 457 g/mol. The molecule has 1 amide bonds. The lowest BCUT2D eigenvalue weighted by atomic mass is 10.1. The van der Waals surface area contributed by atoms with Crippen molar-refractivity contribution in [3.63, 3.8) is 0 Å². The fourth-order valence-electron chi connectivity index (χ4n) is 2.68. The Morgan fingerprint density at radius 2 is 1.84 bits per heavy atom. The van der Waals surface area contributed by atoms with Crippen molar-refractivity contribution >= 4 is 38.8 Å². The van der Waals surface area contributed by atoms with Crippen LogP contribution in [0.2, 0.25) is 0 Å². The number of carbonyl (C=O) groups is 1. The van der Waals surface area contributed by atoms with Gasteiger partial charge in [-0.15, -0.1) is 0 Å². The number of nitrogens with zero attached hydrogens (tertiary/aromatic N) is 2. The molecule has 0 radical (unpaired) electrons. The standard InChI is InChI=1S/C20H19N5O4S2/c1-31(27,28)17-10-13(19(26)25-20(21)22)4-7-15(17)29-14-5-2-12(3-6-14)16(30)11-18-23-8-9-24-18/h2-10H,11H2,1H3,(H,23,24)(H4,21,22,25,26). The summed E-state index contributed by atoms with van der Waals surface area (Å²) in [5.41, 5.74) is 11.2. The van der Waals surface area contributed by atoms with Gasteiger partial charge in [0, 0.05) is 35.5 Å². The first kappa shape index (κ1) is 22.1. The third kappa shape index (κ3) is 5.74. The van der Waals surface area contributed by atoms with E-state index in [4.69, 9.17) is 28.4 Å². The molecule has 0 spiro atoms. The van der Waals surface area contributed by atoms with E-state index in [0.717, 1.165) is 17.6 Å². The molecule has 1 aromatic heterocycles. The molecule has 160 valence electrons. The number of amides is 1. The van der Waals surface area contributed by atoms with Crippen molar-refractivity contribution < 1.29 is 17.9 Å². The van der Waals surface area contributed by atoms with E-state index in [0.29, 0.717) is 17.0 Å².